The van der Waals surface area contributed by atoms with Crippen LogP contribution in [0.3, 0.4) is 0 Å². The summed E-state index contributed by atoms with van der Waals surface area (Å²) >= 11 is 4.82. The lowest BCUT2D eigenvalue weighted by Gasteiger charge is -2.37. The Bertz CT molecular complexity index is 1120. The van der Waals surface area contributed by atoms with Crippen LogP contribution < -0.4 is 0 Å². The number of nitrogens with zero attached hydrogens (tertiary/aromatic N) is 1. The van der Waals surface area contributed by atoms with E-state index in [0.717, 1.165) is 36.9 Å². The molecule has 1 aromatic heterocycles. The largest absolute Gasteiger partial charge is 0.361 e. The lowest BCUT2D eigenvalue weighted by molar-refractivity contribution is -0.126. The van der Waals surface area contributed by atoms with Crippen LogP contribution in [-0.2, 0) is 4.79 Å². The molecule has 3 nitrogen and oxygen atoms in total. The average Bonchev–Trinajstić information content (AvgIpc) is 3.53. The Morgan fingerprint density at radius 3 is 2.70 bits per heavy atom. The van der Waals surface area contributed by atoms with Gasteiger partial charge in [-0.1, -0.05) is 42.5 Å². The fourth-order valence-corrected chi connectivity index (χ4v) is 4.76. The molecule has 1 aliphatic carbocycles. The maximum absolute atomic E-state index is 14.7. The first-order chi connectivity index (χ1) is 14.6. The lowest BCUT2D eigenvalue weighted by atomic mass is 9.93. The SMILES string of the molecule is O=C(C1CC1)C(c1ccccc1F)N1CCC(S)C(=Cc2c[nH]c3ccccc23)C1. The highest BCUT2D eigenvalue weighted by Crippen LogP contribution is 2.40. The van der Waals surface area contributed by atoms with Gasteiger partial charge in [-0.05, 0) is 42.5 Å². The molecule has 2 aromatic carbocycles. The summed E-state index contributed by atoms with van der Waals surface area (Å²) < 4.78 is 14.7. The van der Waals surface area contributed by atoms with E-state index in [9.17, 15) is 9.18 Å². The quantitative estimate of drug-likeness (QED) is 0.541. The summed E-state index contributed by atoms with van der Waals surface area (Å²) in [5.41, 5.74) is 3.89. The van der Waals surface area contributed by atoms with Gasteiger partial charge in [-0.3, -0.25) is 9.69 Å². The Balaban J connectivity index is 1.49. The van der Waals surface area contributed by atoms with E-state index in [1.54, 1.807) is 12.1 Å². The van der Waals surface area contributed by atoms with Gasteiger partial charge >= 0.3 is 0 Å². The smallest absolute Gasteiger partial charge is 0.157 e. The van der Waals surface area contributed by atoms with E-state index in [-0.39, 0.29) is 22.8 Å². The topological polar surface area (TPSA) is 36.1 Å². The van der Waals surface area contributed by atoms with Crippen molar-refractivity contribution in [3.05, 3.63) is 77.2 Å². The minimum Gasteiger partial charge on any atom is -0.361 e. The van der Waals surface area contributed by atoms with Gasteiger partial charge in [0, 0.05) is 46.9 Å². The molecule has 1 N–H and O–H groups in total. The molecule has 1 saturated carbocycles. The van der Waals surface area contributed by atoms with Crippen molar-refractivity contribution in [3.8, 4) is 0 Å². The summed E-state index contributed by atoms with van der Waals surface area (Å²) in [6, 6.07) is 14.4. The number of para-hydroxylation sites is 1. The summed E-state index contributed by atoms with van der Waals surface area (Å²) in [7, 11) is 0. The van der Waals surface area contributed by atoms with Gasteiger partial charge in [0.1, 0.15) is 5.82 Å². The molecule has 154 valence electrons. The summed E-state index contributed by atoms with van der Waals surface area (Å²) in [6.07, 6.45) is 6.87. The highest BCUT2D eigenvalue weighted by atomic mass is 32.1. The van der Waals surface area contributed by atoms with Crippen molar-refractivity contribution in [1.29, 1.82) is 0 Å². The number of Topliss-reactive ketones (excluding diaryl/α,β-unsaturated/α-hetero) is 1. The maximum Gasteiger partial charge on any atom is 0.157 e. The number of nitrogens with one attached hydrogen (secondary N) is 1. The first-order valence-corrected chi connectivity index (χ1v) is 11.1. The van der Waals surface area contributed by atoms with E-state index >= 15 is 0 Å². The van der Waals surface area contributed by atoms with Crippen molar-refractivity contribution >= 4 is 35.4 Å². The Morgan fingerprint density at radius 1 is 1.13 bits per heavy atom. The number of piperidine rings is 1. The zero-order valence-corrected chi connectivity index (χ0v) is 17.6. The van der Waals surface area contributed by atoms with Gasteiger partial charge in [0.2, 0.25) is 0 Å². The van der Waals surface area contributed by atoms with Crippen LogP contribution in [0.2, 0.25) is 0 Å². The highest BCUT2D eigenvalue weighted by molar-refractivity contribution is 7.81. The molecule has 0 radical (unpaired) electrons. The van der Waals surface area contributed by atoms with Gasteiger partial charge in [0.25, 0.3) is 0 Å². The number of carbonyl (C=O) groups is 1. The Hall–Kier alpha value is -2.37. The Labute approximate surface area is 181 Å². The number of fused-ring (bicyclic) bond motifs is 1. The maximum atomic E-state index is 14.7. The zero-order chi connectivity index (χ0) is 20.7. The minimum absolute atomic E-state index is 0.0735. The molecule has 0 bridgehead atoms. The molecule has 2 heterocycles. The van der Waals surface area contributed by atoms with Crippen molar-refractivity contribution < 1.29 is 9.18 Å². The monoisotopic (exact) mass is 420 g/mol. The van der Waals surface area contributed by atoms with Gasteiger partial charge in [0.05, 0.1) is 6.04 Å². The van der Waals surface area contributed by atoms with Crippen molar-refractivity contribution in [2.24, 2.45) is 5.92 Å². The van der Waals surface area contributed by atoms with E-state index < -0.39 is 6.04 Å². The van der Waals surface area contributed by atoms with Crippen LogP contribution in [0.25, 0.3) is 17.0 Å². The average molecular weight is 421 g/mol. The summed E-state index contributed by atoms with van der Waals surface area (Å²) in [4.78, 5) is 18.6. The van der Waals surface area contributed by atoms with Crippen molar-refractivity contribution in [2.75, 3.05) is 13.1 Å². The number of hydrogen-bond donors (Lipinski definition) is 2. The number of aromatic amines is 1. The Kier molecular flexibility index (Phi) is 5.25. The lowest BCUT2D eigenvalue weighted by Crippen LogP contribution is -2.42. The second kappa shape index (κ2) is 8.05. The zero-order valence-electron chi connectivity index (χ0n) is 16.7. The number of likely N-dealkylation sites (tertiary alicyclic amines) is 1. The number of benzene rings is 2. The van der Waals surface area contributed by atoms with Crippen molar-refractivity contribution in [2.45, 2.75) is 30.6 Å². The number of thiol groups is 1. The number of H-pyrrole nitrogens is 1. The van der Waals surface area contributed by atoms with Gasteiger partial charge in [-0.25, -0.2) is 4.39 Å². The summed E-state index contributed by atoms with van der Waals surface area (Å²) in [5.74, 6) is -0.0693. The second-order valence-electron chi connectivity index (χ2n) is 8.38. The normalized spacial score (nSPS) is 22.5. The van der Waals surface area contributed by atoms with Crippen LogP contribution in [0, 0.1) is 11.7 Å². The third-order valence-corrected chi connectivity index (χ3v) is 6.87. The molecular weight excluding hydrogens is 395 g/mol. The molecule has 30 heavy (non-hydrogen) atoms. The first-order valence-electron chi connectivity index (χ1n) is 10.6. The molecule has 5 rings (SSSR count). The fraction of sp³-hybridized carbons (Fsp3) is 0.320. The molecule has 0 spiro atoms. The van der Waals surface area contributed by atoms with Crippen LogP contribution in [0.5, 0.6) is 0 Å². The standard InChI is InChI=1S/C25H25FN2OS/c26-21-7-3-1-6-20(21)24(25(29)16-9-10-16)28-12-11-23(30)18(15-28)13-17-14-27-22-8-4-2-5-19(17)22/h1-8,13-14,16,23-24,27,30H,9-12,15H2. The fourth-order valence-electron chi connectivity index (χ4n) is 4.49. The highest BCUT2D eigenvalue weighted by Gasteiger charge is 2.40. The van der Waals surface area contributed by atoms with E-state index in [1.165, 1.54) is 17.0 Å². The van der Waals surface area contributed by atoms with E-state index in [4.69, 9.17) is 12.6 Å². The number of rotatable bonds is 5. The second-order valence-corrected chi connectivity index (χ2v) is 9.01. The molecule has 2 unspecified atom stereocenters. The molecular formula is C25H25FN2OS. The van der Waals surface area contributed by atoms with E-state index in [2.05, 4.69) is 28.1 Å². The summed E-state index contributed by atoms with van der Waals surface area (Å²) in [6.45, 7) is 1.35. The number of aromatic nitrogens is 1. The van der Waals surface area contributed by atoms with Gasteiger partial charge in [-0.2, -0.15) is 12.6 Å². The van der Waals surface area contributed by atoms with Crippen LogP contribution >= 0.6 is 12.6 Å². The number of carbonyl (C=O) groups excluding carboxylic acids is 1. The molecule has 2 atom stereocenters. The first kappa shape index (κ1) is 19.6. The number of ketones is 1. The van der Waals surface area contributed by atoms with Gasteiger partial charge in [0.15, 0.2) is 5.78 Å². The van der Waals surface area contributed by atoms with Gasteiger partial charge < -0.3 is 4.98 Å². The van der Waals surface area contributed by atoms with E-state index in [1.807, 2.05) is 24.4 Å². The molecule has 1 saturated heterocycles. The number of hydrogen-bond acceptors (Lipinski definition) is 3. The van der Waals surface area contributed by atoms with Crippen LogP contribution in [-0.4, -0.2) is 34.0 Å². The third kappa shape index (κ3) is 3.72. The number of halogens is 1. The van der Waals surface area contributed by atoms with Crippen molar-refractivity contribution in [1.82, 2.24) is 9.88 Å². The molecule has 3 aromatic rings. The van der Waals surface area contributed by atoms with Crippen LogP contribution in [0.1, 0.15) is 36.4 Å². The molecule has 2 aliphatic rings. The molecule has 0 amide bonds. The van der Waals surface area contributed by atoms with Gasteiger partial charge in [-0.15, -0.1) is 0 Å². The predicted octanol–water partition coefficient (Wildman–Crippen LogP) is 5.41. The summed E-state index contributed by atoms with van der Waals surface area (Å²) in [5, 5.41) is 1.30. The van der Waals surface area contributed by atoms with Crippen LogP contribution in [0.4, 0.5) is 4.39 Å². The molecule has 5 heteroatoms. The van der Waals surface area contributed by atoms with E-state index in [0.29, 0.717) is 12.1 Å². The predicted molar refractivity (Wildman–Crippen MR) is 122 cm³/mol. The van der Waals surface area contributed by atoms with Crippen LogP contribution in [0.15, 0.2) is 60.3 Å². The third-order valence-electron chi connectivity index (χ3n) is 6.28. The Morgan fingerprint density at radius 2 is 1.90 bits per heavy atom. The minimum atomic E-state index is -0.522. The van der Waals surface area contributed by atoms with Crippen molar-refractivity contribution in [3.63, 3.8) is 0 Å². The molecule has 2 fully saturated rings. The molecule has 1 aliphatic heterocycles.